The van der Waals surface area contributed by atoms with Crippen molar-refractivity contribution in [3.8, 4) is 34.0 Å². The number of fused-ring (bicyclic) bond motifs is 1. The lowest BCUT2D eigenvalue weighted by Crippen LogP contribution is -2.08. The van der Waals surface area contributed by atoms with Gasteiger partial charge in [-0.1, -0.05) is 29.8 Å². The molecule has 35 heavy (non-hydrogen) atoms. The van der Waals surface area contributed by atoms with E-state index in [0.717, 1.165) is 12.1 Å². The van der Waals surface area contributed by atoms with Crippen molar-refractivity contribution in [1.82, 2.24) is 24.7 Å². The predicted molar refractivity (Wildman–Crippen MR) is 118 cm³/mol. The van der Waals surface area contributed by atoms with Gasteiger partial charge in [0, 0.05) is 11.8 Å². The monoisotopic (exact) mass is 481 g/mol. The van der Waals surface area contributed by atoms with Crippen LogP contribution >= 0.6 is 0 Å². The maximum Gasteiger partial charge on any atom is 0.417 e. The molecule has 0 atom stereocenters. The number of rotatable bonds is 4. The molecule has 3 aromatic rings. The van der Waals surface area contributed by atoms with Crippen LogP contribution < -0.4 is 0 Å². The van der Waals surface area contributed by atoms with Crippen LogP contribution in [0.25, 0.3) is 34.0 Å². The van der Waals surface area contributed by atoms with Crippen molar-refractivity contribution in [3.05, 3.63) is 95.4 Å². The van der Waals surface area contributed by atoms with E-state index in [4.69, 9.17) is 0 Å². The van der Waals surface area contributed by atoms with E-state index >= 15 is 0 Å². The zero-order chi connectivity index (χ0) is 24.7. The summed E-state index contributed by atoms with van der Waals surface area (Å²) in [7, 11) is 0. The minimum Gasteiger partial charge on any atom is -0.266 e. The van der Waals surface area contributed by atoms with Crippen LogP contribution in [0.4, 0.5) is 22.0 Å². The third-order valence-corrected chi connectivity index (χ3v) is 5.43. The Morgan fingerprint density at radius 2 is 1.66 bits per heavy atom. The van der Waals surface area contributed by atoms with E-state index in [1.54, 1.807) is 29.9 Å². The first-order valence-electron chi connectivity index (χ1n) is 10.5. The van der Waals surface area contributed by atoms with Crippen LogP contribution in [0.15, 0.2) is 67.1 Å². The summed E-state index contributed by atoms with van der Waals surface area (Å²) in [6.07, 6.45) is 0.0363. The Labute approximate surface area is 196 Å². The van der Waals surface area contributed by atoms with Crippen LogP contribution in [0.3, 0.4) is 0 Å². The van der Waals surface area contributed by atoms with E-state index in [1.807, 2.05) is 0 Å². The molecule has 2 aliphatic heterocycles. The lowest BCUT2D eigenvalue weighted by Gasteiger charge is -2.14. The molecular formula is C25H16F5N5. The second-order valence-electron chi connectivity index (χ2n) is 7.99. The highest BCUT2D eigenvalue weighted by Crippen LogP contribution is 2.37. The summed E-state index contributed by atoms with van der Waals surface area (Å²) < 4.78 is 69.6. The van der Waals surface area contributed by atoms with Crippen LogP contribution in [0.5, 0.6) is 0 Å². The molecule has 10 heteroatoms. The Bertz CT molecular complexity index is 1490. The Hall–Kier alpha value is -4.21. The van der Waals surface area contributed by atoms with Gasteiger partial charge in [0.2, 0.25) is 0 Å². The topological polar surface area (TPSA) is 56.5 Å². The molecule has 0 radical (unpaired) electrons. The lowest BCUT2D eigenvalue weighted by molar-refractivity contribution is -0.137. The maximum absolute atomic E-state index is 14.1. The van der Waals surface area contributed by atoms with Crippen LogP contribution in [0.2, 0.25) is 0 Å². The first-order valence-corrected chi connectivity index (χ1v) is 10.5. The molecule has 0 N–H and O–H groups in total. The highest BCUT2D eigenvalue weighted by molar-refractivity contribution is 5.66. The number of imidazole rings is 1. The quantitative estimate of drug-likeness (QED) is 0.289. The molecule has 176 valence electrons. The zero-order valence-corrected chi connectivity index (χ0v) is 18.2. The van der Waals surface area contributed by atoms with Crippen LogP contribution in [-0.2, 0) is 12.7 Å². The van der Waals surface area contributed by atoms with Crippen molar-refractivity contribution in [1.29, 1.82) is 0 Å². The normalized spacial score (nSPS) is 11.8. The van der Waals surface area contributed by atoms with Gasteiger partial charge in [-0.2, -0.15) is 18.3 Å². The summed E-state index contributed by atoms with van der Waals surface area (Å²) in [4.78, 5) is 12.7. The second kappa shape index (κ2) is 8.53. The van der Waals surface area contributed by atoms with Crippen molar-refractivity contribution >= 4 is 0 Å². The number of aryl methyl sites for hydroxylation is 1. The average Bonchev–Trinajstić information content (AvgIpc) is 3.24. The van der Waals surface area contributed by atoms with E-state index in [-0.39, 0.29) is 29.2 Å². The van der Waals surface area contributed by atoms with Gasteiger partial charge < -0.3 is 0 Å². The molecule has 5 rings (SSSR count). The summed E-state index contributed by atoms with van der Waals surface area (Å²) >= 11 is 0. The van der Waals surface area contributed by atoms with Gasteiger partial charge in [-0.25, -0.2) is 18.7 Å². The molecule has 0 bridgehead atoms. The van der Waals surface area contributed by atoms with Crippen molar-refractivity contribution in [2.24, 2.45) is 0 Å². The van der Waals surface area contributed by atoms with Crippen LogP contribution in [0.1, 0.15) is 16.7 Å². The number of alkyl halides is 3. The van der Waals surface area contributed by atoms with Crippen molar-refractivity contribution in [2.45, 2.75) is 19.6 Å². The van der Waals surface area contributed by atoms with Gasteiger partial charge in [0.05, 0.1) is 35.8 Å². The molecule has 0 aliphatic carbocycles. The van der Waals surface area contributed by atoms with Gasteiger partial charge in [-0.3, -0.25) is 9.67 Å². The number of hydrogen-bond donors (Lipinski definition) is 0. The molecule has 0 unspecified atom stereocenters. The van der Waals surface area contributed by atoms with Gasteiger partial charge in [0.1, 0.15) is 11.4 Å². The number of halogens is 5. The molecule has 0 amide bonds. The van der Waals surface area contributed by atoms with Gasteiger partial charge in [0.25, 0.3) is 0 Å². The van der Waals surface area contributed by atoms with Crippen molar-refractivity contribution < 1.29 is 22.0 Å². The fraction of sp³-hybridized carbons (Fsp3) is 0.120. The fourth-order valence-corrected chi connectivity index (χ4v) is 3.72. The molecule has 2 aromatic carbocycles. The first-order chi connectivity index (χ1) is 16.7. The van der Waals surface area contributed by atoms with Gasteiger partial charge in [0.15, 0.2) is 17.5 Å². The predicted octanol–water partition coefficient (Wildman–Crippen LogP) is 6.16. The van der Waals surface area contributed by atoms with E-state index in [9.17, 15) is 22.0 Å². The van der Waals surface area contributed by atoms with Gasteiger partial charge >= 0.3 is 6.18 Å². The summed E-state index contributed by atoms with van der Waals surface area (Å²) in [5, 5.41) is 4.26. The Kier molecular flexibility index (Phi) is 5.50. The van der Waals surface area contributed by atoms with Crippen molar-refractivity contribution in [3.63, 3.8) is 0 Å². The SMILES string of the molecule is Cc1ccc(-c2ccc(Cn3cc4nc(-c5cccc(F)c5F)nc-4cn3)cn2)c(C(F)(F)F)c1. The molecule has 0 saturated carbocycles. The largest absolute Gasteiger partial charge is 0.417 e. The summed E-state index contributed by atoms with van der Waals surface area (Å²) in [5.74, 6) is -1.98. The molecule has 2 aliphatic rings. The minimum atomic E-state index is -4.50. The van der Waals surface area contributed by atoms with E-state index in [2.05, 4.69) is 20.1 Å². The zero-order valence-electron chi connectivity index (χ0n) is 18.2. The third kappa shape index (κ3) is 4.46. The second-order valence-corrected chi connectivity index (χ2v) is 7.99. The minimum absolute atomic E-state index is 0.00557. The molecule has 0 spiro atoms. The van der Waals surface area contributed by atoms with E-state index in [1.165, 1.54) is 36.7 Å². The summed E-state index contributed by atoms with van der Waals surface area (Å²) in [6.45, 7) is 1.87. The molecule has 0 fully saturated rings. The smallest absolute Gasteiger partial charge is 0.266 e. The molecule has 0 saturated heterocycles. The average molecular weight is 481 g/mol. The third-order valence-electron chi connectivity index (χ3n) is 5.43. The number of nitrogens with zero attached hydrogens (tertiary/aromatic N) is 5. The van der Waals surface area contributed by atoms with Crippen molar-refractivity contribution in [2.75, 3.05) is 0 Å². The number of benzene rings is 2. The van der Waals surface area contributed by atoms with E-state index < -0.39 is 23.4 Å². The number of aromatic nitrogens is 5. The molecule has 3 heterocycles. The van der Waals surface area contributed by atoms with Crippen LogP contribution in [0, 0.1) is 18.6 Å². The Morgan fingerprint density at radius 1 is 0.857 bits per heavy atom. The van der Waals surface area contributed by atoms with Gasteiger partial charge in [-0.05, 0) is 36.8 Å². The maximum atomic E-state index is 14.1. The van der Waals surface area contributed by atoms with E-state index in [0.29, 0.717) is 22.5 Å². The highest BCUT2D eigenvalue weighted by atomic mass is 19.4. The molecule has 5 nitrogen and oxygen atoms in total. The molecular weight excluding hydrogens is 465 g/mol. The Balaban J connectivity index is 1.41. The number of pyridine rings is 1. The highest BCUT2D eigenvalue weighted by Gasteiger charge is 2.34. The Morgan fingerprint density at radius 3 is 2.40 bits per heavy atom. The number of hydrogen-bond acceptors (Lipinski definition) is 4. The first kappa shape index (κ1) is 22.6. The lowest BCUT2D eigenvalue weighted by atomic mass is 10.0. The fourth-order valence-electron chi connectivity index (χ4n) is 3.72. The van der Waals surface area contributed by atoms with Gasteiger partial charge in [-0.15, -0.1) is 0 Å². The standard InChI is InChI=1S/C25H16F5N5/c1-14-5-7-16(18(9-14)25(28,29)30)20-8-6-15(10-31-20)12-35-13-22-21(11-32-35)33-24(34-22)17-3-2-4-19(26)23(17)27/h2-11,13H,12H2,1H3. The van der Waals surface area contributed by atoms with Crippen LogP contribution in [-0.4, -0.2) is 24.7 Å². The summed E-state index contributed by atoms with van der Waals surface area (Å²) in [6, 6.07) is 11.1. The molecule has 1 aromatic heterocycles. The summed E-state index contributed by atoms with van der Waals surface area (Å²) in [5.41, 5.74) is 1.47.